The SMILES string of the molecule is Cc1cc(C)cc(C(N)C2CCC(C)(C)CC2)c1. The van der Waals surface area contributed by atoms with E-state index in [1.165, 1.54) is 42.4 Å². The van der Waals surface area contributed by atoms with Gasteiger partial charge in [0.25, 0.3) is 0 Å². The van der Waals surface area contributed by atoms with Crippen molar-refractivity contribution in [3.63, 3.8) is 0 Å². The van der Waals surface area contributed by atoms with Crippen LogP contribution in [-0.2, 0) is 0 Å². The molecule has 0 saturated heterocycles. The number of hydrogen-bond acceptors (Lipinski definition) is 1. The molecule has 18 heavy (non-hydrogen) atoms. The van der Waals surface area contributed by atoms with Crippen LogP contribution in [0, 0.1) is 25.2 Å². The van der Waals surface area contributed by atoms with Gasteiger partial charge in [-0.2, -0.15) is 0 Å². The fourth-order valence-electron chi connectivity index (χ4n) is 3.26. The molecule has 100 valence electrons. The topological polar surface area (TPSA) is 26.0 Å². The third-order valence-corrected chi connectivity index (χ3v) is 4.52. The van der Waals surface area contributed by atoms with Crippen molar-refractivity contribution < 1.29 is 0 Å². The van der Waals surface area contributed by atoms with E-state index in [4.69, 9.17) is 5.73 Å². The minimum atomic E-state index is 0.222. The first-order chi connectivity index (χ1) is 8.37. The van der Waals surface area contributed by atoms with Gasteiger partial charge in [-0.05, 0) is 56.4 Å². The summed E-state index contributed by atoms with van der Waals surface area (Å²) in [6, 6.07) is 6.97. The number of benzene rings is 1. The quantitative estimate of drug-likeness (QED) is 0.814. The average Bonchev–Trinajstić information content (AvgIpc) is 2.27. The number of rotatable bonds is 2. The largest absolute Gasteiger partial charge is 0.324 e. The smallest absolute Gasteiger partial charge is 0.0323 e. The molecule has 0 aliphatic heterocycles. The van der Waals surface area contributed by atoms with Crippen molar-refractivity contribution in [1.82, 2.24) is 0 Å². The highest BCUT2D eigenvalue weighted by atomic mass is 14.7. The molecular formula is C17H27N. The monoisotopic (exact) mass is 245 g/mol. The van der Waals surface area contributed by atoms with Gasteiger partial charge in [0, 0.05) is 6.04 Å². The summed E-state index contributed by atoms with van der Waals surface area (Å²) in [5, 5.41) is 0. The molecule has 0 bridgehead atoms. The van der Waals surface area contributed by atoms with Crippen LogP contribution in [0.25, 0.3) is 0 Å². The highest BCUT2D eigenvalue weighted by Gasteiger charge is 2.30. The molecule has 2 N–H and O–H groups in total. The lowest BCUT2D eigenvalue weighted by Gasteiger charge is -2.37. The number of nitrogens with two attached hydrogens (primary N) is 1. The lowest BCUT2D eigenvalue weighted by molar-refractivity contribution is 0.173. The van der Waals surface area contributed by atoms with E-state index in [0.717, 1.165) is 0 Å². The Balaban J connectivity index is 2.09. The van der Waals surface area contributed by atoms with Gasteiger partial charge in [-0.25, -0.2) is 0 Å². The van der Waals surface area contributed by atoms with Gasteiger partial charge in [-0.15, -0.1) is 0 Å². The molecular weight excluding hydrogens is 218 g/mol. The van der Waals surface area contributed by atoms with E-state index >= 15 is 0 Å². The Hall–Kier alpha value is -0.820. The molecule has 1 heteroatoms. The first kappa shape index (κ1) is 13.6. The van der Waals surface area contributed by atoms with E-state index in [2.05, 4.69) is 45.9 Å². The molecule has 1 nitrogen and oxygen atoms in total. The van der Waals surface area contributed by atoms with Crippen LogP contribution in [0.4, 0.5) is 0 Å². The third-order valence-electron chi connectivity index (χ3n) is 4.52. The second kappa shape index (κ2) is 5.05. The van der Waals surface area contributed by atoms with Gasteiger partial charge < -0.3 is 5.73 Å². The molecule has 1 aromatic carbocycles. The van der Waals surface area contributed by atoms with Crippen LogP contribution in [0.3, 0.4) is 0 Å². The molecule has 0 radical (unpaired) electrons. The van der Waals surface area contributed by atoms with Crippen molar-refractivity contribution in [1.29, 1.82) is 0 Å². The maximum atomic E-state index is 6.50. The highest BCUT2D eigenvalue weighted by Crippen LogP contribution is 2.42. The molecule has 0 heterocycles. The predicted molar refractivity (Wildman–Crippen MR) is 78.6 cm³/mol. The summed E-state index contributed by atoms with van der Waals surface area (Å²) < 4.78 is 0. The maximum absolute atomic E-state index is 6.50. The molecule has 1 atom stereocenters. The van der Waals surface area contributed by atoms with E-state index in [1.807, 2.05) is 0 Å². The zero-order chi connectivity index (χ0) is 13.3. The van der Waals surface area contributed by atoms with Crippen LogP contribution < -0.4 is 5.73 Å². The fraction of sp³-hybridized carbons (Fsp3) is 0.647. The fourth-order valence-corrected chi connectivity index (χ4v) is 3.26. The highest BCUT2D eigenvalue weighted by molar-refractivity contribution is 5.30. The average molecular weight is 245 g/mol. The Morgan fingerprint density at radius 3 is 2.06 bits per heavy atom. The molecule has 1 saturated carbocycles. The van der Waals surface area contributed by atoms with Crippen molar-refractivity contribution >= 4 is 0 Å². The number of hydrogen-bond donors (Lipinski definition) is 1. The van der Waals surface area contributed by atoms with Gasteiger partial charge in [0.1, 0.15) is 0 Å². The molecule has 1 fully saturated rings. The van der Waals surface area contributed by atoms with Crippen molar-refractivity contribution in [2.24, 2.45) is 17.1 Å². The molecule has 0 spiro atoms. The van der Waals surface area contributed by atoms with Gasteiger partial charge in [0.2, 0.25) is 0 Å². The Labute approximate surface area is 112 Å². The summed E-state index contributed by atoms with van der Waals surface area (Å²) in [6.45, 7) is 9.08. The zero-order valence-electron chi connectivity index (χ0n) is 12.3. The van der Waals surface area contributed by atoms with Gasteiger partial charge >= 0.3 is 0 Å². The maximum Gasteiger partial charge on any atom is 0.0323 e. The summed E-state index contributed by atoms with van der Waals surface area (Å²) in [5.74, 6) is 0.666. The minimum Gasteiger partial charge on any atom is -0.324 e. The van der Waals surface area contributed by atoms with Gasteiger partial charge in [-0.1, -0.05) is 43.2 Å². The van der Waals surface area contributed by atoms with Gasteiger partial charge in [-0.3, -0.25) is 0 Å². The second-order valence-corrected chi connectivity index (χ2v) is 6.95. The minimum absolute atomic E-state index is 0.222. The standard InChI is InChI=1S/C17H27N/c1-12-9-13(2)11-15(10-12)16(18)14-5-7-17(3,4)8-6-14/h9-11,14,16H,5-8,18H2,1-4H3. The van der Waals surface area contributed by atoms with E-state index in [0.29, 0.717) is 11.3 Å². The molecule has 1 aliphatic rings. The molecule has 0 aromatic heterocycles. The van der Waals surface area contributed by atoms with Crippen molar-refractivity contribution in [3.05, 3.63) is 34.9 Å². The van der Waals surface area contributed by atoms with Gasteiger partial charge in [0.05, 0.1) is 0 Å². The molecule has 2 rings (SSSR count). The second-order valence-electron chi connectivity index (χ2n) is 6.95. The Morgan fingerprint density at radius 2 is 1.56 bits per heavy atom. The van der Waals surface area contributed by atoms with E-state index in [-0.39, 0.29) is 6.04 Å². The van der Waals surface area contributed by atoms with E-state index in [1.54, 1.807) is 0 Å². The zero-order valence-corrected chi connectivity index (χ0v) is 12.3. The molecule has 1 aliphatic carbocycles. The predicted octanol–water partition coefficient (Wildman–Crippen LogP) is 4.52. The van der Waals surface area contributed by atoms with Crippen molar-refractivity contribution in [2.75, 3.05) is 0 Å². The van der Waals surface area contributed by atoms with Crippen LogP contribution in [-0.4, -0.2) is 0 Å². The summed E-state index contributed by atoms with van der Waals surface area (Å²) in [6.07, 6.45) is 5.19. The Morgan fingerprint density at radius 1 is 1.06 bits per heavy atom. The summed E-state index contributed by atoms with van der Waals surface area (Å²) in [4.78, 5) is 0. The number of aryl methyl sites for hydroxylation is 2. The first-order valence-electron chi connectivity index (χ1n) is 7.21. The normalized spacial score (nSPS) is 21.8. The van der Waals surface area contributed by atoms with Crippen LogP contribution >= 0.6 is 0 Å². The van der Waals surface area contributed by atoms with Crippen LogP contribution in [0.5, 0.6) is 0 Å². The van der Waals surface area contributed by atoms with Crippen molar-refractivity contribution in [2.45, 2.75) is 59.4 Å². The Bertz CT molecular complexity index is 389. The summed E-state index contributed by atoms with van der Waals surface area (Å²) >= 11 is 0. The van der Waals surface area contributed by atoms with Crippen LogP contribution in [0.2, 0.25) is 0 Å². The molecule has 1 aromatic rings. The van der Waals surface area contributed by atoms with Crippen LogP contribution in [0.15, 0.2) is 18.2 Å². The van der Waals surface area contributed by atoms with Crippen LogP contribution in [0.1, 0.15) is 62.3 Å². The van der Waals surface area contributed by atoms with E-state index < -0.39 is 0 Å². The molecule has 1 unspecified atom stereocenters. The van der Waals surface area contributed by atoms with E-state index in [9.17, 15) is 0 Å². The Kier molecular flexibility index (Phi) is 3.82. The molecule has 0 amide bonds. The first-order valence-corrected chi connectivity index (χ1v) is 7.21. The lowest BCUT2D eigenvalue weighted by atomic mass is 9.70. The summed E-state index contributed by atoms with van der Waals surface area (Å²) in [7, 11) is 0. The third kappa shape index (κ3) is 3.14. The lowest BCUT2D eigenvalue weighted by Crippen LogP contribution is -2.29. The summed E-state index contributed by atoms with van der Waals surface area (Å²) in [5.41, 5.74) is 11.0. The van der Waals surface area contributed by atoms with Gasteiger partial charge in [0.15, 0.2) is 0 Å². The van der Waals surface area contributed by atoms with Crippen molar-refractivity contribution in [3.8, 4) is 0 Å².